The van der Waals surface area contributed by atoms with Crippen molar-refractivity contribution in [1.29, 1.82) is 0 Å². The molecule has 0 spiro atoms. The van der Waals surface area contributed by atoms with E-state index in [-0.39, 0.29) is 18.0 Å². The molecule has 0 aromatic rings. The Morgan fingerprint density at radius 2 is 2.17 bits per heavy atom. The number of urea groups is 1. The Bertz CT molecular complexity index is 244. The van der Waals surface area contributed by atoms with Crippen LogP contribution >= 0.6 is 9.24 Å². The average Bonchev–Trinajstić information content (AvgIpc) is 2.28. The van der Waals surface area contributed by atoms with Gasteiger partial charge in [-0.3, -0.25) is 10.1 Å². The van der Waals surface area contributed by atoms with Crippen LogP contribution in [0, 0.1) is 0 Å². The van der Waals surface area contributed by atoms with Crippen LogP contribution in [0.5, 0.6) is 0 Å². The fourth-order valence-corrected chi connectivity index (χ4v) is 2.18. The summed E-state index contributed by atoms with van der Waals surface area (Å²) in [5.41, 5.74) is 0.442. The van der Waals surface area contributed by atoms with Crippen LogP contribution in [0.25, 0.3) is 0 Å². The summed E-state index contributed by atoms with van der Waals surface area (Å²) < 4.78 is 0. The molecule has 0 aromatic carbocycles. The molecular weight excluding hydrogens is 175 g/mol. The lowest BCUT2D eigenvalue weighted by atomic mass is 10.0. The number of rotatable bonds is 0. The maximum Gasteiger partial charge on any atom is 0.324 e. The number of carbonyl (C=O) groups excluding carboxylic acids is 2. The third kappa shape index (κ3) is 1.11. The van der Waals surface area contributed by atoms with Crippen molar-refractivity contribution in [3.05, 3.63) is 0 Å². The molecule has 12 heavy (non-hydrogen) atoms. The summed E-state index contributed by atoms with van der Waals surface area (Å²) in [7, 11) is 2.70. The second kappa shape index (κ2) is 2.70. The predicted octanol–water partition coefficient (Wildman–Crippen LogP) is -0.0557. The van der Waals surface area contributed by atoms with Crippen molar-refractivity contribution in [2.75, 3.05) is 6.54 Å². The highest BCUT2D eigenvalue weighted by atomic mass is 31.0. The number of carbonyl (C=O) groups is 2. The molecule has 0 saturated carbocycles. The van der Waals surface area contributed by atoms with E-state index in [0.29, 0.717) is 12.2 Å². The molecule has 5 heteroatoms. The van der Waals surface area contributed by atoms with Crippen LogP contribution < -0.4 is 5.32 Å². The first kappa shape index (κ1) is 7.99. The van der Waals surface area contributed by atoms with E-state index in [2.05, 4.69) is 14.6 Å². The Labute approximate surface area is 72.9 Å². The molecule has 3 atom stereocenters. The monoisotopic (exact) mass is 186 g/mol. The summed E-state index contributed by atoms with van der Waals surface area (Å²) in [6.07, 6.45) is 1.80. The lowest BCUT2D eigenvalue weighted by Crippen LogP contribution is -2.43. The standard InChI is InChI=1S/C7H11N2O2P/c10-6-5-2-1-4(12)3-9(5)7(11)8-6/h4-5H,1-3,12H2,(H,8,10,11). The normalized spacial score (nSPS) is 34.9. The van der Waals surface area contributed by atoms with Gasteiger partial charge in [-0.1, -0.05) is 0 Å². The van der Waals surface area contributed by atoms with Gasteiger partial charge in [0.25, 0.3) is 5.91 Å². The van der Waals surface area contributed by atoms with E-state index in [9.17, 15) is 9.59 Å². The SMILES string of the molecule is O=C1NC(=O)N2CC(P)CCC12. The molecule has 3 unspecified atom stereocenters. The van der Waals surface area contributed by atoms with E-state index >= 15 is 0 Å². The molecule has 4 nitrogen and oxygen atoms in total. The van der Waals surface area contributed by atoms with E-state index in [0.717, 1.165) is 12.8 Å². The molecule has 2 aliphatic rings. The molecule has 3 amide bonds. The molecule has 0 radical (unpaired) electrons. The Kier molecular flexibility index (Phi) is 1.80. The van der Waals surface area contributed by atoms with Gasteiger partial charge in [-0.05, 0) is 18.5 Å². The van der Waals surface area contributed by atoms with Gasteiger partial charge in [0.05, 0.1) is 0 Å². The third-order valence-electron chi connectivity index (χ3n) is 2.41. The van der Waals surface area contributed by atoms with Crippen molar-refractivity contribution in [1.82, 2.24) is 10.2 Å². The van der Waals surface area contributed by atoms with Crippen molar-refractivity contribution in [3.8, 4) is 0 Å². The number of nitrogens with zero attached hydrogens (tertiary/aromatic N) is 1. The summed E-state index contributed by atoms with van der Waals surface area (Å²) in [5.74, 6) is -0.128. The molecule has 2 rings (SSSR count). The smallest absolute Gasteiger partial charge is 0.312 e. The van der Waals surface area contributed by atoms with E-state index in [1.807, 2.05) is 0 Å². The Balaban J connectivity index is 2.17. The van der Waals surface area contributed by atoms with Crippen LogP contribution in [0.15, 0.2) is 0 Å². The Hall–Kier alpha value is -0.630. The maximum absolute atomic E-state index is 11.1. The van der Waals surface area contributed by atoms with Crippen LogP contribution in [-0.4, -0.2) is 35.1 Å². The highest BCUT2D eigenvalue weighted by Crippen LogP contribution is 2.25. The minimum absolute atomic E-state index is 0.128. The average molecular weight is 186 g/mol. The predicted molar refractivity (Wildman–Crippen MR) is 46.8 cm³/mol. The molecular formula is C7H11N2O2P. The van der Waals surface area contributed by atoms with Gasteiger partial charge in [-0.15, -0.1) is 9.24 Å². The quantitative estimate of drug-likeness (QED) is 0.425. The Morgan fingerprint density at radius 3 is 2.92 bits per heavy atom. The van der Waals surface area contributed by atoms with Gasteiger partial charge in [0.15, 0.2) is 0 Å². The molecule has 2 aliphatic heterocycles. The molecule has 0 aromatic heterocycles. The first-order chi connectivity index (χ1) is 5.68. The largest absolute Gasteiger partial charge is 0.324 e. The van der Waals surface area contributed by atoms with Crippen molar-refractivity contribution in [2.24, 2.45) is 0 Å². The molecule has 66 valence electrons. The molecule has 0 aliphatic carbocycles. The lowest BCUT2D eigenvalue weighted by molar-refractivity contribution is -0.122. The summed E-state index contributed by atoms with van der Waals surface area (Å²) in [5, 5.41) is 2.32. The van der Waals surface area contributed by atoms with E-state index in [1.165, 1.54) is 0 Å². The lowest BCUT2D eigenvalue weighted by Gasteiger charge is -2.30. The highest BCUT2D eigenvalue weighted by Gasteiger charge is 2.41. The number of nitrogens with one attached hydrogen (secondary N) is 1. The third-order valence-corrected chi connectivity index (χ3v) is 2.96. The fraction of sp³-hybridized carbons (Fsp3) is 0.714. The van der Waals surface area contributed by atoms with E-state index in [4.69, 9.17) is 0 Å². The number of hydrogen-bond donors (Lipinski definition) is 1. The second-order valence-electron chi connectivity index (χ2n) is 3.30. The van der Waals surface area contributed by atoms with Gasteiger partial charge in [0.1, 0.15) is 6.04 Å². The summed E-state index contributed by atoms with van der Waals surface area (Å²) in [4.78, 5) is 23.9. The summed E-state index contributed by atoms with van der Waals surface area (Å²) in [6.45, 7) is 0.687. The van der Waals surface area contributed by atoms with Crippen LogP contribution in [0.2, 0.25) is 0 Å². The van der Waals surface area contributed by atoms with Gasteiger partial charge in [-0.2, -0.15) is 0 Å². The van der Waals surface area contributed by atoms with Crippen LogP contribution in [0.4, 0.5) is 4.79 Å². The number of imide groups is 1. The van der Waals surface area contributed by atoms with Crippen molar-refractivity contribution < 1.29 is 9.59 Å². The number of hydrogen-bond acceptors (Lipinski definition) is 2. The first-order valence-electron chi connectivity index (χ1n) is 4.05. The molecule has 2 heterocycles. The molecule has 0 bridgehead atoms. The van der Waals surface area contributed by atoms with E-state index < -0.39 is 0 Å². The minimum atomic E-state index is -0.225. The highest BCUT2D eigenvalue weighted by molar-refractivity contribution is 7.17. The fourth-order valence-electron chi connectivity index (χ4n) is 1.76. The number of fused-ring (bicyclic) bond motifs is 1. The molecule has 2 fully saturated rings. The summed E-state index contributed by atoms with van der Waals surface area (Å²) in [6, 6.07) is -0.411. The van der Waals surface area contributed by atoms with Crippen molar-refractivity contribution in [2.45, 2.75) is 24.5 Å². The first-order valence-corrected chi connectivity index (χ1v) is 4.72. The topological polar surface area (TPSA) is 49.4 Å². The Morgan fingerprint density at radius 1 is 1.42 bits per heavy atom. The van der Waals surface area contributed by atoms with Gasteiger partial charge in [0.2, 0.25) is 0 Å². The zero-order chi connectivity index (χ0) is 8.72. The zero-order valence-corrected chi connectivity index (χ0v) is 7.77. The van der Waals surface area contributed by atoms with Crippen LogP contribution in [-0.2, 0) is 4.79 Å². The second-order valence-corrected chi connectivity index (χ2v) is 4.24. The summed E-state index contributed by atoms with van der Waals surface area (Å²) >= 11 is 0. The van der Waals surface area contributed by atoms with Gasteiger partial charge >= 0.3 is 6.03 Å². The van der Waals surface area contributed by atoms with Gasteiger partial charge < -0.3 is 4.90 Å². The zero-order valence-electron chi connectivity index (χ0n) is 6.62. The van der Waals surface area contributed by atoms with Crippen LogP contribution in [0.3, 0.4) is 0 Å². The molecule has 1 N–H and O–H groups in total. The van der Waals surface area contributed by atoms with E-state index in [1.54, 1.807) is 4.90 Å². The maximum atomic E-state index is 11.1. The van der Waals surface area contributed by atoms with Crippen LogP contribution in [0.1, 0.15) is 12.8 Å². The number of amides is 3. The van der Waals surface area contributed by atoms with Crippen molar-refractivity contribution in [3.63, 3.8) is 0 Å². The number of piperidine rings is 1. The van der Waals surface area contributed by atoms with Crippen molar-refractivity contribution >= 4 is 21.2 Å². The minimum Gasteiger partial charge on any atom is -0.312 e. The molecule has 2 saturated heterocycles. The van der Waals surface area contributed by atoms with Gasteiger partial charge in [-0.25, -0.2) is 4.79 Å². The van der Waals surface area contributed by atoms with Gasteiger partial charge in [0, 0.05) is 6.54 Å².